The monoisotopic (exact) mass is 286 g/mol. The lowest BCUT2D eigenvalue weighted by molar-refractivity contribution is 0.0796. The van der Waals surface area contributed by atoms with Gasteiger partial charge in [0.25, 0.3) is 5.91 Å². The van der Waals surface area contributed by atoms with Gasteiger partial charge < -0.3 is 14.7 Å². The van der Waals surface area contributed by atoms with Crippen LogP contribution in [0.2, 0.25) is 0 Å². The van der Waals surface area contributed by atoms with Crippen molar-refractivity contribution in [3.63, 3.8) is 0 Å². The van der Waals surface area contributed by atoms with Gasteiger partial charge in [-0.1, -0.05) is 6.07 Å². The molecule has 2 aromatic rings. The summed E-state index contributed by atoms with van der Waals surface area (Å²) in [5.41, 5.74) is 1.37. The maximum Gasteiger partial charge on any atom is 0.253 e. The molecule has 1 aromatic carbocycles. The molecule has 0 aliphatic rings. The van der Waals surface area contributed by atoms with Gasteiger partial charge in [0.15, 0.2) is 11.5 Å². The van der Waals surface area contributed by atoms with Gasteiger partial charge in [-0.15, -0.1) is 0 Å². The van der Waals surface area contributed by atoms with Gasteiger partial charge in [-0.2, -0.15) is 0 Å². The third-order valence-corrected chi connectivity index (χ3v) is 3.20. The highest BCUT2D eigenvalue weighted by molar-refractivity contribution is 5.94. The first-order chi connectivity index (χ1) is 10.1. The van der Waals surface area contributed by atoms with E-state index < -0.39 is 0 Å². The molecule has 1 amide bonds. The molecule has 0 bridgehead atoms. The normalized spacial score (nSPS) is 10.2. The van der Waals surface area contributed by atoms with Crippen LogP contribution in [0.25, 0.3) is 0 Å². The number of aromatic hydroxyl groups is 1. The van der Waals surface area contributed by atoms with Crippen LogP contribution >= 0.6 is 0 Å². The standard InChI is InChI=1S/C16H18N2O3/c1-18(10-8-13-5-3-4-9-17-13)16(20)12-6-7-15(21-2)14(19)11-12/h3-7,9,11,19H,8,10H2,1-2H3. The van der Waals surface area contributed by atoms with Crippen molar-refractivity contribution in [3.8, 4) is 11.5 Å². The van der Waals surface area contributed by atoms with E-state index in [0.717, 1.165) is 5.69 Å². The fourth-order valence-electron chi connectivity index (χ4n) is 1.97. The molecule has 5 heteroatoms. The topological polar surface area (TPSA) is 62.7 Å². The van der Waals surface area contributed by atoms with Gasteiger partial charge in [-0.05, 0) is 30.3 Å². The first-order valence-electron chi connectivity index (χ1n) is 6.64. The first kappa shape index (κ1) is 14.8. The minimum Gasteiger partial charge on any atom is -0.504 e. The van der Waals surface area contributed by atoms with Gasteiger partial charge in [0.1, 0.15) is 0 Å². The lowest BCUT2D eigenvalue weighted by atomic mass is 10.1. The van der Waals surface area contributed by atoms with Gasteiger partial charge in [-0.25, -0.2) is 0 Å². The van der Waals surface area contributed by atoms with Crippen LogP contribution in [0.15, 0.2) is 42.6 Å². The zero-order valence-electron chi connectivity index (χ0n) is 12.1. The number of carbonyl (C=O) groups is 1. The van der Waals surface area contributed by atoms with E-state index in [1.54, 1.807) is 30.3 Å². The Hall–Kier alpha value is -2.56. The molecule has 0 atom stereocenters. The molecule has 0 saturated heterocycles. The van der Waals surface area contributed by atoms with Gasteiger partial charge in [0.05, 0.1) is 7.11 Å². The van der Waals surface area contributed by atoms with E-state index in [4.69, 9.17) is 4.74 Å². The molecule has 0 spiro atoms. The Kier molecular flexibility index (Phi) is 4.77. The molecule has 1 N–H and O–H groups in total. The summed E-state index contributed by atoms with van der Waals surface area (Å²) in [6.45, 7) is 0.558. The summed E-state index contributed by atoms with van der Waals surface area (Å²) in [7, 11) is 3.20. The van der Waals surface area contributed by atoms with Crippen molar-refractivity contribution < 1.29 is 14.6 Å². The molecule has 21 heavy (non-hydrogen) atoms. The summed E-state index contributed by atoms with van der Waals surface area (Å²) >= 11 is 0. The first-order valence-corrected chi connectivity index (χ1v) is 6.64. The van der Waals surface area contributed by atoms with Crippen LogP contribution in [0.4, 0.5) is 0 Å². The molecule has 0 unspecified atom stereocenters. The highest BCUT2D eigenvalue weighted by Crippen LogP contribution is 2.26. The van der Waals surface area contributed by atoms with Crippen LogP contribution in [-0.4, -0.2) is 41.6 Å². The second-order valence-corrected chi connectivity index (χ2v) is 4.68. The van der Waals surface area contributed by atoms with Crippen molar-refractivity contribution >= 4 is 5.91 Å². The second kappa shape index (κ2) is 6.74. The predicted molar refractivity (Wildman–Crippen MR) is 79.6 cm³/mol. The zero-order chi connectivity index (χ0) is 15.2. The van der Waals surface area contributed by atoms with Crippen LogP contribution in [0.5, 0.6) is 11.5 Å². The number of rotatable bonds is 5. The molecule has 5 nitrogen and oxygen atoms in total. The number of pyridine rings is 1. The summed E-state index contributed by atoms with van der Waals surface area (Å²) in [6.07, 6.45) is 2.42. The molecule has 2 rings (SSSR count). The van der Waals surface area contributed by atoms with E-state index in [1.807, 2.05) is 18.2 Å². The lowest BCUT2D eigenvalue weighted by Gasteiger charge is -2.17. The summed E-state index contributed by atoms with van der Waals surface area (Å²) in [5, 5.41) is 9.72. The Bertz CT molecular complexity index is 614. The number of phenols is 1. The molecule has 110 valence electrons. The molecule has 1 aromatic heterocycles. The Labute approximate surface area is 123 Å². The Morgan fingerprint density at radius 3 is 2.76 bits per heavy atom. The van der Waals surface area contributed by atoms with Crippen molar-refractivity contribution in [3.05, 3.63) is 53.9 Å². The van der Waals surface area contributed by atoms with E-state index in [0.29, 0.717) is 24.3 Å². The fourth-order valence-corrected chi connectivity index (χ4v) is 1.97. The molecular formula is C16H18N2O3. The SMILES string of the molecule is COc1ccc(C(=O)N(C)CCc2ccccn2)cc1O. The number of methoxy groups -OCH3 is 1. The summed E-state index contributed by atoms with van der Waals surface area (Å²) in [6, 6.07) is 10.3. The van der Waals surface area contributed by atoms with Crippen LogP contribution < -0.4 is 4.74 Å². The highest BCUT2D eigenvalue weighted by atomic mass is 16.5. The summed E-state index contributed by atoms with van der Waals surface area (Å²) in [4.78, 5) is 18.1. The minimum absolute atomic E-state index is 0.0403. The van der Waals surface area contributed by atoms with Gasteiger partial charge in [0.2, 0.25) is 0 Å². The zero-order valence-corrected chi connectivity index (χ0v) is 12.1. The molecule has 1 heterocycles. The van der Waals surface area contributed by atoms with Crippen molar-refractivity contribution in [2.24, 2.45) is 0 Å². The smallest absolute Gasteiger partial charge is 0.253 e. The van der Waals surface area contributed by atoms with Crippen LogP contribution in [-0.2, 0) is 6.42 Å². The van der Waals surface area contributed by atoms with Crippen molar-refractivity contribution in [2.45, 2.75) is 6.42 Å². The van der Waals surface area contributed by atoms with Crippen LogP contribution in [0.1, 0.15) is 16.1 Å². The Morgan fingerprint density at radius 1 is 1.33 bits per heavy atom. The number of hydrogen-bond donors (Lipinski definition) is 1. The maximum absolute atomic E-state index is 12.3. The van der Waals surface area contributed by atoms with Crippen molar-refractivity contribution in [2.75, 3.05) is 20.7 Å². The molecular weight excluding hydrogens is 268 g/mol. The summed E-state index contributed by atoms with van der Waals surface area (Å²) < 4.78 is 4.96. The summed E-state index contributed by atoms with van der Waals surface area (Å²) in [5.74, 6) is 0.160. The number of hydrogen-bond acceptors (Lipinski definition) is 4. The van der Waals surface area contributed by atoms with E-state index >= 15 is 0 Å². The van der Waals surface area contributed by atoms with Crippen LogP contribution in [0.3, 0.4) is 0 Å². The number of benzene rings is 1. The number of amides is 1. The molecule has 0 radical (unpaired) electrons. The Morgan fingerprint density at radius 2 is 2.14 bits per heavy atom. The second-order valence-electron chi connectivity index (χ2n) is 4.68. The molecule has 0 aliphatic heterocycles. The average Bonchev–Trinajstić information content (AvgIpc) is 2.52. The van der Waals surface area contributed by atoms with Gasteiger partial charge in [-0.3, -0.25) is 9.78 Å². The molecule has 0 saturated carbocycles. The van der Waals surface area contributed by atoms with Crippen LogP contribution in [0, 0.1) is 0 Å². The average molecular weight is 286 g/mol. The van der Waals surface area contributed by atoms with E-state index in [9.17, 15) is 9.90 Å². The minimum atomic E-state index is -0.149. The number of nitrogens with zero attached hydrogens (tertiary/aromatic N) is 2. The molecule has 0 fully saturated rings. The third kappa shape index (κ3) is 3.72. The maximum atomic E-state index is 12.3. The van der Waals surface area contributed by atoms with E-state index in [2.05, 4.69) is 4.98 Å². The van der Waals surface area contributed by atoms with E-state index in [-0.39, 0.29) is 11.7 Å². The molecule has 0 aliphatic carbocycles. The van der Waals surface area contributed by atoms with Gasteiger partial charge in [0, 0.05) is 37.5 Å². The number of carbonyl (C=O) groups excluding carboxylic acids is 1. The number of aromatic nitrogens is 1. The number of likely N-dealkylation sites (N-methyl/N-ethyl adjacent to an activating group) is 1. The Balaban J connectivity index is 2.00. The van der Waals surface area contributed by atoms with Gasteiger partial charge >= 0.3 is 0 Å². The third-order valence-electron chi connectivity index (χ3n) is 3.20. The quantitative estimate of drug-likeness (QED) is 0.914. The number of phenolic OH excluding ortho intramolecular Hbond substituents is 1. The van der Waals surface area contributed by atoms with E-state index in [1.165, 1.54) is 13.2 Å². The lowest BCUT2D eigenvalue weighted by Crippen LogP contribution is -2.28. The van der Waals surface area contributed by atoms with Crippen molar-refractivity contribution in [1.29, 1.82) is 0 Å². The largest absolute Gasteiger partial charge is 0.504 e. The highest BCUT2D eigenvalue weighted by Gasteiger charge is 2.14. The fraction of sp³-hybridized carbons (Fsp3) is 0.250. The number of ether oxygens (including phenoxy) is 1. The predicted octanol–water partition coefficient (Wildman–Crippen LogP) is 2.11. The van der Waals surface area contributed by atoms with Crippen molar-refractivity contribution in [1.82, 2.24) is 9.88 Å².